The molecular weight excluding hydrogens is 178 g/mol. The molecule has 2 aromatic rings. The van der Waals surface area contributed by atoms with Gasteiger partial charge in [-0.2, -0.15) is 0 Å². The second kappa shape index (κ2) is 3.06. The standard InChI is InChI=1S/C6H5N3S2/c1-2-9-6(8-1)11-5-3-7-4-10-5/h1-4H,(H,8,9). The molecule has 0 bridgehead atoms. The van der Waals surface area contributed by atoms with E-state index >= 15 is 0 Å². The van der Waals surface area contributed by atoms with Gasteiger partial charge >= 0.3 is 0 Å². The molecule has 56 valence electrons. The normalized spacial score (nSPS) is 10.2. The molecule has 3 nitrogen and oxygen atoms in total. The van der Waals surface area contributed by atoms with E-state index in [9.17, 15) is 0 Å². The van der Waals surface area contributed by atoms with Crippen molar-refractivity contribution in [2.75, 3.05) is 0 Å². The van der Waals surface area contributed by atoms with Crippen LogP contribution in [0.5, 0.6) is 0 Å². The van der Waals surface area contributed by atoms with Crippen LogP contribution in [-0.2, 0) is 0 Å². The van der Waals surface area contributed by atoms with Crippen LogP contribution in [0.1, 0.15) is 0 Å². The molecule has 2 rings (SSSR count). The monoisotopic (exact) mass is 183 g/mol. The molecule has 0 aromatic carbocycles. The van der Waals surface area contributed by atoms with Gasteiger partial charge in [0.1, 0.15) is 0 Å². The Morgan fingerprint density at radius 2 is 2.55 bits per heavy atom. The van der Waals surface area contributed by atoms with Crippen LogP contribution in [0, 0.1) is 0 Å². The van der Waals surface area contributed by atoms with E-state index in [0.717, 1.165) is 9.37 Å². The summed E-state index contributed by atoms with van der Waals surface area (Å²) in [5.41, 5.74) is 1.81. The summed E-state index contributed by atoms with van der Waals surface area (Å²) in [4.78, 5) is 11.0. The van der Waals surface area contributed by atoms with Gasteiger partial charge in [0.2, 0.25) is 0 Å². The van der Waals surface area contributed by atoms with Gasteiger partial charge in [-0.3, -0.25) is 4.98 Å². The zero-order valence-corrected chi connectivity index (χ0v) is 7.15. The Morgan fingerprint density at radius 1 is 1.55 bits per heavy atom. The fourth-order valence-electron chi connectivity index (χ4n) is 0.656. The highest BCUT2D eigenvalue weighted by Gasteiger charge is 1.98. The summed E-state index contributed by atoms with van der Waals surface area (Å²) in [5.74, 6) is 0. The van der Waals surface area contributed by atoms with Crippen LogP contribution in [0.25, 0.3) is 0 Å². The van der Waals surface area contributed by atoms with Gasteiger partial charge < -0.3 is 4.98 Å². The minimum atomic E-state index is 0.911. The minimum Gasteiger partial charge on any atom is -0.339 e. The molecule has 0 amide bonds. The largest absolute Gasteiger partial charge is 0.339 e. The Morgan fingerprint density at radius 3 is 3.18 bits per heavy atom. The summed E-state index contributed by atoms with van der Waals surface area (Å²) in [5, 5.41) is 0.911. The first-order chi connectivity index (χ1) is 5.45. The predicted molar refractivity (Wildman–Crippen MR) is 44.8 cm³/mol. The average Bonchev–Trinajstić information content (AvgIpc) is 2.60. The van der Waals surface area contributed by atoms with Gasteiger partial charge in [0, 0.05) is 12.4 Å². The summed E-state index contributed by atoms with van der Waals surface area (Å²) in [7, 11) is 0. The van der Waals surface area contributed by atoms with Gasteiger partial charge in [0.05, 0.1) is 15.9 Å². The van der Waals surface area contributed by atoms with Crippen molar-refractivity contribution in [2.24, 2.45) is 0 Å². The van der Waals surface area contributed by atoms with E-state index in [1.54, 1.807) is 29.3 Å². The summed E-state index contributed by atoms with van der Waals surface area (Å²) < 4.78 is 1.15. The van der Waals surface area contributed by atoms with Crippen LogP contribution in [-0.4, -0.2) is 15.0 Å². The molecule has 0 saturated heterocycles. The SMILES string of the molecule is c1c[nH]c(Sc2cncs2)n1. The number of hydrogen-bond donors (Lipinski definition) is 1. The van der Waals surface area contributed by atoms with Crippen molar-refractivity contribution in [1.29, 1.82) is 0 Å². The molecule has 0 saturated carbocycles. The molecule has 0 atom stereocenters. The summed E-state index contributed by atoms with van der Waals surface area (Å²) >= 11 is 3.20. The molecule has 2 heterocycles. The average molecular weight is 183 g/mol. The van der Waals surface area contributed by atoms with E-state index in [1.807, 2.05) is 17.9 Å². The lowest BCUT2D eigenvalue weighted by atomic mass is 11.0. The van der Waals surface area contributed by atoms with Crippen molar-refractivity contribution >= 4 is 23.1 Å². The molecule has 0 aliphatic rings. The van der Waals surface area contributed by atoms with Crippen molar-refractivity contribution in [2.45, 2.75) is 9.37 Å². The first-order valence-electron chi connectivity index (χ1n) is 3.01. The first kappa shape index (κ1) is 6.87. The van der Waals surface area contributed by atoms with Crippen molar-refractivity contribution in [1.82, 2.24) is 15.0 Å². The van der Waals surface area contributed by atoms with Crippen molar-refractivity contribution < 1.29 is 0 Å². The molecular formula is C6H5N3S2. The lowest BCUT2D eigenvalue weighted by Gasteiger charge is -1.88. The van der Waals surface area contributed by atoms with Crippen LogP contribution >= 0.6 is 23.1 Å². The number of nitrogens with one attached hydrogen (secondary N) is 1. The molecule has 0 spiro atoms. The zero-order valence-electron chi connectivity index (χ0n) is 5.52. The van der Waals surface area contributed by atoms with E-state index < -0.39 is 0 Å². The quantitative estimate of drug-likeness (QED) is 0.774. The fourth-order valence-corrected chi connectivity index (χ4v) is 2.11. The van der Waals surface area contributed by atoms with Gasteiger partial charge in [-0.15, -0.1) is 11.3 Å². The number of H-pyrrole nitrogens is 1. The molecule has 1 N–H and O–H groups in total. The van der Waals surface area contributed by atoms with Crippen LogP contribution in [0.2, 0.25) is 0 Å². The maximum atomic E-state index is 4.08. The Labute approximate surface area is 71.9 Å². The Bertz CT molecular complexity index is 268. The molecule has 5 heteroatoms. The number of rotatable bonds is 2. The van der Waals surface area contributed by atoms with Gasteiger partial charge in [0.15, 0.2) is 5.16 Å². The van der Waals surface area contributed by atoms with Crippen LogP contribution in [0.3, 0.4) is 0 Å². The summed E-state index contributed by atoms with van der Waals surface area (Å²) in [6.45, 7) is 0. The number of hydrogen-bond acceptors (Lipinski definition) is 4. The number of thiazole rings is 1. The van der Waals surface area contributed by atoms with Crippen LogP contribution in [0.4, 0.5) is 0 Å². The molecule has 0 unspecified atom stereocenters. The van der Waals surface area contributed by atoms with E-state index in [0.29, 0.717) is 0 Å². The van der Waals surface area contributed by atoms with Crippen molar-refractivity contribution in [3.63, 3.8) is 0 Å². The van der Waals surface area contributed by atoms with Crippen LogP contribution < -0.4 is 0 Å². The van der Waals surface area contributed by atoms with E-state index in [1.165, 1.54) is 0 Å². The highest BCUT2D eigenvalue weighted by molar-refractivity contribution is 8.01. The topological polar surface area (TPSA) is 41.6 Å². The second-order valence-electron chi connectivity index (χ2n) is 1.82. The van der Waals surface area contributed by atoms with E-state index in [-0.39, 0.29) is 0 Å². The Balaban J connectivity index is 2.14. The lowest BCUT2D eigenvalue weighted by Crippen LogP contribution is -1.69. The summed E-state index contributed by atoms with van der Waals surface area (Å²) in [6.07, 6.45) is 5.38. The number of aromatic amines is 1. The maximum absolute atomic E-state index is 4.08. The van der Waals surface area contributed by atoms with E-state index in [2.05, 4.69) is 15.0 Å². The molecule has 0 aliphatic carbocycles. The second-order valence-corrected chi connectivity index (χ2v) is 3.99. The first-order valence-corrected chi connectivity index (χ1v) is 4.70. The third-order valence-electron chi connectivity index (χ3n) is 1.08. The molecule has 2 aromatic heterocycles. The van der Waals surface area contributed by atoms with Crippen LogP contribution in [0.15, 0.2) is 33.5 Å². The van der Waals surface area contributed by atoms with Gasteiger partial charge in [-0.05, 0) is 11.8 Å². The molecule has 0 radical (unpaired) electrons. The fraction of sp³-hybridized carbons (Fsp3) is 0. The summed E-state index contributed by atoms with van der Waals surface area (Å²) in [6, 6.07) is 0. The Kier molecular flexibility index (Phi) is 1.91. The number of aromatic nitrogens is 3. The smallest absolute Gasteiger partial charge is 0.171 e. The molecule has 11 heavy (non-hydrogen) atoms. The number of imidazole rings is 1. The number of nitrogens with zero attached hydrogens (tertiary/aromatic N) is 2. The maximum Gasteiger partial charge on any atom is 0.171 e. The highest BCUT2D eigenvalue weighted by atomic mass is 32.2. The van der Waals surface area contributed by atoms with Crippen molar-refractivity contribution in [3.8, 4) is 0 Å². The van der Waals surface area contributed by atoms with Crippen molar-refractivity contribution in [3.05, 3.63) is 24.1 Å². The minimum absolute atomic E-state index is 0.911. The van der Waals surface area contributed by atoms with Gasteiger partial charge in [0.25, 0.3) is 0 Å². The third-order valence-corrected chi connectivity index (χ3v) is 2.91. The zero-order chi connectivity index (χ0) is 7.52. The van der Waals surface area contributed by atoms with Gasteiger partial charge in [-0.1, -0.05) is 0 Å². The molecule has 0 fully saturated rings. The van der Waals surface area contributed by atoms with E-state index in [4.69, 9.17) is 0 Å². The lowest BCUT2D eigenvalue weighted by molar-refractivity contribution is 1.06. The third kappa shape index (κ3) is 1.61. The Hall–Kier alpha value is -0.810. The predicted octanol–water partition coefficient (Wildman–Crippen LogP) is 2.02. The highest BCUT2D eigenvalue weighted by Crippen LogP contribution is 2.26. The molecule has 0 aliphatic heterocycles. The van der Waals surface area contributed by atoms with Gasteiger partial charge in [-0.25, -0.2) is 4.98 Å².